The summed E-state index contributed by atoms with van der Waals surface area (Å²) in [6.45, 7) is 3.76. The van der Waals surface area contributed by atoms with Crippen molar-refractivity contribution >= 4 is 11.3 Å². The molecule has 1 aliphatic carbocycles. The fraction of sp³-hybridized carbons (Fsp3) is 0.636. The Kier molecular flexibility index (Phi) is 2.41. The maximum absolute atomic E-state index is 12.5. The first-order valence-corrected chi connectivity index (χ1v) is 5.95. The number of halogens is 3. The Bertz CT molecular complexity index is 396. The minimum atomic E-state index is -4.24. The lowest BCUT2D eigenvalue weighted by atomic mass is 9.84. The molecule has 2 rings (SSSR count). The van der Waals surface area contributed by atoms with Crippen molar-refractivity contribution in [2.24, 2.45) is 5.73 Å². The van der Waals surface area contributed by atoms with Crippen molar-refractivity contribution in [3.63, 3.8) is 0 Å². The largest absolute Gasteiger partial charge is 0.425 e. The van der Waals surface area contributed by atoms with Crippen LogP contribution in [0.15, 0.2) is 12.1 Å². The number of hydrogen-bond donors (Lipinski definition) is 1. The number of rotatable bonds is 2. The highest BCUT2D eigenvalue weighted by molar-refractivity contribution is 7.12. The van der Waals surface area contributed by atoms with Gasteiger partial charge < -0.3 is 5.73 Å². The smallest absolute Gasteiger partial charge is 0.325 e. The Balaban J connectivity index is 2.34. The normalized spacial score (nSPS) is 19.9. The van der Waals surface area contributed by atoms with Crippen LogP contribution in [0.2, 0.25) is 0 Å². The lowest BCUT2D eigenvalue weighted by Crippen LogP contribution is -2.44. The van der Waals surface area contributed by atoms with Gasteiger partial charge in [-0.1, -0.05) is 0 Å². The van der Waals surface area contributed by atoms with Crippen LogP contribution in [0.25, 0.3) is 0 Å². The maximum atomic E-state index is 12.5. The number of hydrogen-bond acceptors (Lipinski definition) is 2. The first-order chi connectivity index (χ1) is 7.17. The topological polar surface area (TPSA) is 26.0 Å². The Morgan fingerprint density at radius 3 is 2.12 bits per heavy atom. The third-order valence-electron chi connectivity index (χ3n) is 3.34. The molecule has 1 aromatic rings. The third-order valence-corrected chi connectivity index (χ3v) is 4.67. The van der Waals surface area contributed by atoms with E-state index in [0.29, 0.717) is 0 Å². The molecule has 0 spiro atoms. The molecule has 16 heavy (non-hydrogen) atoms. The van der Waals surface area contributed by atoms with E-state index < -0.39 is 16.6 Å². The van der Waals surface area contributed by atoms with Crippen LogP contribution in [0.5, 0.6) is 0 Å². The Labute approximate surface area is 96.5 Å². The second-order valence-corrected chi connectivity index (χ2v) is 6.05. The zero-order chi connectivity index (χ0) is 12.2. The molecule has 1 aromatic heterocycles. The third kappa shape index (κ3) is 1.76. The van der Waals surface area contributed by atoms with Gasteiger partial charge >= 0.3 is 6.18 Å². The van der Waals surface area contributed by atoms with Gasteiger partial charge in [0, 0.05) is 15.8 Å². The summed E-state index contributed by atoms with van der Waals surface area (Å²) >= 11 is 0.831. The molecule has 1 aliphatic rings. The Hall–Kier alpha value is -0.550. The average molecular weight is 249 g/mol. The van der Waals surface area contributed by atoms with Gasteiger partial charge in [-0.3, -0.25) is 0 Å². The molecule has 2 N–H and O–H groups in total. The van der Waals surface area contributed by atoms with Gasteiger partial charge in [-0.2, -0.15) is 13.2 Å². The summed E-state index contributed by atoms with van der Waals surface area (Å²) in [6.07, 6.45) is -2.47. The van der Waals surface area contributed by atoms with Crippen molar-refractivity contribution < 1.29 is 13.2 Å². The minimum Gasteiger partial charge on any atom is -0.325 e. The zero-order valence-corrected chi connectivity index (χ0v) is 10.0. The van der Waals surface area contributed by atoms with Crippen LogP contribution in [-0.2, 0) is 11.6 Å². The molecule has 0 aromatic carbocycles. The maximum Gasteiger partial charge on any atom is 0.425 e. The van der Waals surface area contributed by atoms with Crippen LogP contribution in [-0.4, -0.2) is 5.54 Å². The summed E-state index contributed by atoms with van der Waals surface area (Å²) in [7, 11) is 0. The monoisotopic (exact) mass is 249 g/mol. The average Bonchev–Trinajstić information content (AvgIpc) is 2.75. The van der Waals surface area contributed by atoms with E-state index in [2.05, 4.69) is 0 Å². The SMILES string of the molecule is CC(C)(N)C1(c2ccc(C(F)(F)F)s2)CC1. The van der Waals surface area contributed by atoms with Crippen molar-refractivity contribution in [1.29, 1.82) is 0 Å². The summed E-state index contributed by atoms with van der Waals surface area (Å²) in [5.74, 6) is 0. The fourth-order valence-corrected chi connectivity index (χ4v) is 3.37. The van der Waals surface area contributed by atoms with Gasteiger partial charge in [0.05, 0.1) is 0 Å². The van der Waals surface area contributed by atoms with Gasteiger partial charge in [0.1, 0.15) is 4.88 Å². The molecule has 0 amide bonds. The van der Waals surface area contributed by atoms with Gasteiger partial charge in [-0.15, -0.1) is 11.3 Å². The summed E-state index contributed by atoms with van der Waals surface area (Å²) in [5, 5.41) is 0. The lowest BCUT2D eigenvalue weighted by molar-refractivity contribution is -0.134. The van der Waals surface area contributed by atoms with E-state index >= 15 is 0 Å². The van der Waals surface area contributed by atoms with E-state index in [1.165, 1.54) is 0 Å². The van der Waals surface area contributed by atoms with Crippen LogP contribution >= 0.6 is 11.3 Å². The molecule has 1 saturated carbocycles. The van der Waals surface area contributed by atoms with E-state index in [9.17, 15) is 13.2 Å². The van der Waals surface area contributed by atoms with Crippen LogP contribution in [0.4, 0.5) is 13.2 Å². The molecule has 1 nitrogen and oxygen atoms in total. The predicted molar refractivity (Wildman–Crippen MR) is 58.5 cm³/mol. The summed E-state index contributed by atoms with van der Waals surface area (Å²) in [6, 6.07) is 2.74. The second-order valence-electron chi connectivity index (χ2n) is 4.97. The highest BCUT2D eigenvalue weighted by Crippen LogP contribution is 2.57. The Morgan fingerprint density at radius 2 is 1.81 bits per heavy atom. The number of alkyl halides is 3. The molecule has 0 saturated heterocycles. The van der Waals surface area contributed by atoms with Crippen molar-refractivity contribution in [2.75, 3.05) is 0 Å². The fourth-order valence-electron chi connectivity index (χ4n) is 2.08. The molecule has 90 valence electrons. The first kappa shape index (κ1) is 11.9. The molecule has 0 radical (unpaired) electrons. The van der Waals surface area contributed by atoms with Crippen molar-refractivity contribution in [3.05, 3.63) is 21.9 Å². The molecule has 0 unspecified atom stereocenters. The van der Waals surface area contributed by atoms with Crippen molar-refractivity contribution in [3.8, 4) is 0 Å². The predicted octanol–water partition coefficient (Wildman–Crippen LogP) is 3.54. The standard InChI is InChI=1S/C11H14F3NS/c1-9(2,15)10(5-6-10)7-3-4-8(16-7)11(12,13)14/h3-4H,5-6,15H2,1-2H3. The quantitative estimate of drug-likeness (QED) is 0.852. The molecule has 0 bridgehead atoms. The Morgan fingerprint density at radius 1 is 1.25 bits per heavy atom. The molecule has 1 heterocycles. The second kappa shape index (κ2) is 3.23. The van der Waals surface area contributed by atoms with E-state index in [0.717, 1.165) is 35.1 Å². The molecule has 1 fully saturated rings. The summed E-state index contributed by atoms with van der Waals surface area (Å²) < 4.78 is 37.5. The first-order valence-electron chi connectivity index (χ1n) is 5.13. The van der Waals surface area contributed by atoms with Gasteiger partial charge in [0.15, 0.2) is 0 Å². The van der Waals surface area contributed by atoms with Crippen LogP contribution < -0.4 is 5.73 Å². The van der Waals surface area contributed by atoms with Crippen molar-refractivity contribution in [2.45, 2.75) is 43.8 Å². The number of thiophene rings is 1. The van der Waals surface area contributed by atoms with E-state index in [1.807, 2.05) is 13.8 Å². The molecule has 5 heteroatoms. The van der Waals surface area contributed by atoms with Gasteiger partial charge in [-0.25, -0.2) is 0 Å². The highest BCUT2D eigenvalue weighted by atomic mass is 32.1. The summed E-state index contributed by atoms with van der Waals surface area (Å²) in [4.78, 5) is 0.241. The van der Waals surface area contributed by atoms with Crippen LogP contribution in [0, 0.1) is 0 Å². The van der Waals surface area contributed by atoms with Gasteiger partial charge in [0.2, 0.25) is 0 Å². The van der Waals surface area contributed by atoms with Crippen molar-refractivity contribution in [1.82, 2.24) is 0 Å². The minimum absolute atomic E-state index is 0.235. The van der Waals surface area contributed by atoms with E-state index in [1.54, 1.807) is 6.07 Å². The highest BCUT2D eigenvalue weighted by Gasteiger charge is 2.55. The number of nitrogens with two attached hydrogens (primary N) is 1. The van der Waals surface area contributed by atoms with Gasteiger partial charge in [0.25, 0.3) is 0 Å². The van der Waals surface area contributed by atoms with Crippen LogP contribution in [0.1, 0.15) is 36.4 Å². The molecule has 0 aliphatic heterocycles. The molecule has 0 atom stereocenters. The molecular weight excluding hydrogens is 235 g/mol. The van der Waals surface area contributed by atoms with E-state index in [-0.39, 0.29) is 5.41 Å². The lowest BCUT2D eigenvalue weighted by Gasteiger charge is -2.29. The van der Waals surface area contributed by atoms with Crippen LogP contribution in [0.3, 0.4) is 0 Å². The molecular formula is C11H14F3NS. The van der Waals surface area contributed by atoms with Gasteiger partial charge in [-0.05, 0) is 38.8 Å². The van der Waals surface area contributed by atoms with E-state index in [4.69, 9.17) is 5.73 Å². The summed E-state index contributed by atoms with van der Waals surface area (Å²) in [5.41, 5.74) is 5.36. The zero-order valence-electron chi connectivity index (χ0n) is 9.19.